The molecular formula is C11H19NO3. The van der Waals surface area contributed by atoms with Gasteiger partial charge >= 0.3 is 5.97 Å². The molecule has 1 heterocycles. The smallest absolute Gasteiger partial charge is 0.305 e. The number of nitrogens with zero attached hydrogens (tertiary/aromatic N) is 1. The van der Waals surface area contributed by atoms with Crippen molar-refractivity contribution in [3.63, 3.8) is 0 Å². The van der Waals surface area contributed by atoms with E-state index >= 15 is 0 Å². The van der Waals surface area contributed by atoms with Gasteiger partial charge in [-0.15, -0.1) is 0 Å². The summed E-state index contributed by atoms with van der Waals surface area (Å²) in [6, 6.07) is 0.243. The number of rotatable bonds is 4. The molecule has 1 fully saturated rings. The van der Waals surface area contributed by atoms with Crippen molar-refractivity contribution in [3.8, 4) is 0 Å². The first-order chi connectivity index (χ1) is 7.15. The molecule has 4 heteroatoms. The number of carbonyl (C=O) groups is 2. The Hall–Kier alpha value is -1.06. The Bertz CT molecular complexity index is 240. The van der Waals surface area contributed by atoms with Crippen LogP contribution in [0.15, 0.2) is 0 Å². The predicted molar refractivity (Wildman–Crippen MR) is 56.3 cm³/mol. The van der Waals surface area contributed by atoms with Crippen LogP contribution in [0, 0.1) is 0 Å². The van der Waals surface area contributed by atoms with Crippen molar-refractivity contribution in [3.05, 3.63) is 0 Å². The maximum atomic E-state index is 11.2. The topological polar surface area (TPSA) is 46.6 Å². The summed E-state index contributed by atoms with van der Waals surface area (Å²) in [5.41, 5.74) is 0. The van der Waals surface area contributed by atoms with Crippen LogP contribution in [-0.2, 0) is 14.3 Å². The second-order valence-electron chi connectivity index (χ2n) is 3.85. The van der Waals surface area contributed by atoms with E-state index in [1.165, 1.54) is 0 Å². The van der Waals surface area contributed by atoms with Crippen LogP contribution < -0.4 is 0 Å². The number of carbonyl (C=O) groups excluding carboxylic acids is 2. The fourth-order valence-corrected chi connectivity index (χ4v) is 2.07. The molecule has 1 saturated heterocycles. The van der Waals surface area contributed by atoms with Gasteiger partial charge in [-0.2, -0.15) is 0 Å². The van der Waals surface area contributed by atoms with Gasteiger partial charge in [0.05, 0.1) is 6.61 Å². The number of hydrogen-bond acceptors (Lipinski definition) is 3. The summed E-state index contributed by atoms with van der Waals surface area (Å²) < 4.78 is 4.86. The highest BCUT2D eigenvalue weighted by Gasteiger charge is 2.26. The van der Waals surface area contributed by atoms with Crippen LogP contribution in [0.3, 0.4) is 0 Å². The molecule has 0 aromatic carbocycles. The summed E-state index contributed by atoms with van der Waals surface area (Å²) in [5, 5.41) is 0. The number of ether oxygens (including phenoxy) is 1. The lowest BCUT2D eigenvalue weighted by molar-refractivity contribution is -0.144. The Balaban J connectivity index is 2.31. The highest BCUT2D eigenvalue weighted by molar-refractivity contribution is 5.74. The molecule has 1 unspecified atom stereocenters. The molecule has 1 aliphatic rings. The largest absolute Gasteiger partial charge is 0.466 e. The van der Waals surface area contributed by atoms with Crippen molar-refractivity contribution in [2.45, 2.75) is 45.6 Å². The van der Waals surface area contributed by atoms with Crippen LogP contribution in [0.4, 0.5) is 0 Å². The Morgan fingerprint density at radius 1 is 1.47 bits per heavy atom. The van der Waals surface area contributed by atoms with Crippen molar-refractivity contribution in [1.29, 1.82) is 0 Å². The number of likely N-dealkylation sites (tertiary alicyclic amines) is 1. The third-order valence-corrected chi connectivity index (χ3v) is 2.77. The van der Waals surface area contributed by atoms with Crippen LogP contribution in [-0.4, -0.2) is 36.0 Å². The average Bonchev–Trinajstić information content (AvgIpc) is 2.63. The van der Waals surface area contributed by atoms with Gasteiger partial charge < -0.3 is 9.64 Å². The van der Waals surface area contributed by atoms with E-state index in [1.54, 1.807) is 13.8 Å². The maximum absolute atomic E-state index is 11.2. The zero-order valence-electron chi connectivity index (χ0n) is 9.49. The van der Waals surface area contributed by atoms with E-state index in [4.69, 9.17) is 4.74 Å². The Labute approximate surface area is 90.6 Å². The Morgan fingerprint density at radius 2 is 2.20 bits per heavy atom. The van der Waals surface area contributed by atoms with Gasteiger partial charge in [0.25, 0.3) is 0 Å². The van der Waals surface area contributed by atoms with Crippen molar-refractivity contribution >= 4 is 11.9 Å². The van der Waals surface area contributed by atoms with Gasteiger partial charge in [0.15, 0.2) is 0 Å². The molecule has 15 heavy (non-hydrogen) atoms. The minimum Gasteiger partial charge on any atom is -0.466 e. The zero-order chi connectivity index (χ0) is 11.3. The quantitative estimate of drug-likeness (QED) is 0.662. The third kappa shape index (κ3) is 3.53. The minimum atomic E-state index is -0.159. The van der Waals surface area contributed by atoms with Gasteiger partial charge in [-0.1, -0.05) is 0 Å². The van der Waals surface area contributed by atoms with Crippen LogP contribution in [0.25, 0.3) is 0 Å². The molecule has 1 aliphatic heterocycles. The second kappa shape index (κ2) is 5.73. The first-order valence-electron chi connectivity index (χ1n) is 5.58. The molecule has 0 N–H and O–H groups in total. The maximum Gasteiger partial charge on any atom is 0.305 e. The second-order valence-corrected chi connectivity index (χ2v) is 3.85. The summed E-state index contributed by atoms with van der Waals surface area (Å²) in [6.45, 7) is 4.65. The normalized spacial score (nSPS) is 20.4. The molecule has 0 saturated carbocycles. The highest BCUT2D eigenvalue weighted by atomic mass is 16.5. The van der Waals surface area contributed by atoms with E-state index in [1.807, 2.05) is 4.90 Å². The minimum absolute atomic E-state index is 0.112. The average molecular weight is 213 g/mol. The van der Waals surface area contributed by atoms with Gasteiger partial charge in [0, 0.05) is 25.9 Å². The van der Waals surface area contributed by atoms with Crippen LogP contribution in [0.1, 0.15) is 39.5 Å². The molecule has 1 atom stereocenters. The highest BCUT2D eigenvalue weighted by Crippen LogP contribution is 2.21. The van der Waals surface area contributed by atoms with Gasteiger partial charge in [0.1, 0.15) is 0 Å². The summed E-state index contributed by atoms with van der Waals surface area (Å²) in [7, 11) is 0. The standard InChI is InChI=1S/C11H19NO3/c1-3-15-11(14)7-6-10-5-4-8-12(10)9(2)13/h10H,3-8H2,1-2H3. The Kier molecular flexibility index (Phi) is 4.59. The SMILES string of the molecule is CCOC(=O)CCC1CCCN1C(C)=O. The number of amides is 1. The van der Waals surface area contributed by atoms with E-state index in [2.05, 4.69) is 0 Å². The number of esters is 1. The molecule has 86 valence electrons. The van der Waals surface area contributed by atoms with Gasteiger partial charge in [0.2, 0.25) is 5.91 Å². The van der Waals surface area contributed by atoms with E-state index in [0.717, 1.165) is 25.8 Å². The molecule has 0 aliphatic carbocycles. The lowest BCUT2D eigenvalue weighted by atomic mass is 10.1. The van der Waals surface area contributed by atoms with Gasteiger partial charge in [-0.05, 0) is 26.2 Å². The molecule has 1 amide bonds. The van der Waals surface area contributed by atoms with Crippen LogP contribution in [0.2, 0.25) is 0 Å². The van der Waals surface area contributed by atoms with Crippen LogP contribution in [0.5, 0.6) is 0 Å². The monoisotopic (exact) mass is 213 g/mol. The first-order valence-corrected chi connectivity index (χ1v) is 5.58. The van der Waals surface area contributed by atoms with Gasteiger partial charge in [-0.3, -0.25) is 9.59 Å². The van der Waals surface area contributed by atoms with E-state index in [-0.39, 0.29) is 17.9 Å². The molecule has 0 spiro atoms. The molecule has 0 aromatic rings. The molecule has 0 aromatic heterocycles. The molecule has 4 nitrogen and oxygen atoms in total. The Morgan fingerprint density at radius 3 is 2.80 bits per heavy atom. The molecule has 0 bridgehead atoms. The van der Waals surface area contributed by atoms with Crippen molar-refractivity contribution < 1.29 is 14.3 Å². The number of hydrogen-bond donors (Lipinski definition) is 0. The summed E-state index contributed by atoms with van der Waals surface area (Å²) in [6.07, 6.45) is 3.22. The van der Waals surface area contributed by atoms with Crippen molar-refractivity contribution in [2.75, 3.05) is 13.2 Å². The van der Waals surface area contributed by atoms with Crippen LogP contribution >= 0.6 is 0 Å². The molecule has 1 rings (SSSR count). The lowest BCUT2D eigenvalue weighted by Crippen LogP contribution is -2.34. The summed E-state index contributed by atoms with van der Waals surface area (Å²) in [4.78, 5) is 24.2. The van der Waals surface area contributed by atoms with Crippen molar-refractivity contribution in [1.82, 2.24) is 4.90 Å². The summed E-state index contributed by atoms with van der Waals surface area (Å²) >= 11 is 0. The van der Waals surface area contributed by atoms with Crippen molar-refractivity contribution in [2.24, 2.45) is 0 Å². The molecule has 0 radical (unpaired) electrons. The first kappa shape index (κ1) is 12.0. The summed E-state index contributed by atoms with van der Waals surface area (Å²) in [5.74, 6) is -0.0470. The fourth-order valence-electron chi connectivity index (χ4n) is 2.07. The zero-order valence-corrected chi connectivity index (χ0v) is 9.49. The van der Waals surface area contributed by atoms with E-state index < -0.39 is 0 Å². The van der Waals surface area contributed by atoms with E-state index in [9.17, 15) is 9.59 Å². The van der Waals surface area contributed by atoms with Gasteiger partial charge in [-0.25, -0.2) is 0 Å². The third-order valence-electron chi connectivity index (χ3n) is 2.77. The molecular weight excluding hydrogens is 194 g/mol. The fraction of sp³-hybridized carbons (Fsp3) is 0.818. The lowest BCUT2D eigenvalue weighted by Gasteiger charge is -2.22. The van der Waals surface area contributed by atoms with E-state index in [0.29, 0.717) is 13.0 Å². The predicted octanol–water partition coefficient (Wildman–Crippen LogP) is 1.34.